The molecule has 2 rings (SSSR count). The summed E-state index contributed by atoms with van der Waals surface area (Å²) in [4.78, 5) is 24.3. The summed E-state index contributed by atoms with van der Waals surface area (Å²) >= 11 is 0. The van der Waals surface area contributed by atoms with Gasteiger partial charge >= 0.3 is 0 Å². The SMILES string of the molecule is CC(=O)Nc1ccc(CN2CCC(=O)CC2)cc1. The number of carbonyl (C=O) groups is 2. The molecule has 4 nitrogen and oxygen atoms in total. The van der Waals surface area contributed by atoms with E-state index in [0.29, 0.717) is 18.6 Å². The minimum Gasteiger partial charge on any atom is -0.326 e. The molecule has 1 aliphatic heterocycles. The Morgan fingerprint density at radius 1 is 1.22 bits per heavy atom. The van der Waals surface area contributed by atoms with E-state index in [1.165, 1.54) is 12.5 Å². The molecule has 0 radical (unpaired) electrons. The molecule has 0 aromatic heterocycles. The second-order valence-electron chi connectivity index (χ2n) is 4.69. The van der Waals surface area contributed by atoms with Gasteiger partial charge in [0.1, 0.15) is 5.78 Å². The lowest BCUT2D eigenvalue weighted by molar-refractivity contribution is -0.121. The average Bonchev–Trinajstić information content (AvgIpc) is 2.34. The fourth-order valence-electron chi connectivity index (χ4n) is 2.12. The molecule has 1 aromatic rings. The van der Waals surface area contributed by atoms with Crippen LogP contribution in [0, 0.1) is 0 Å². The van der Waals surface area contributed by atoms with Gasteiger partial charge in [-0.15, -0.1) is 0 Å². The van der Waals surface area contributed by atoms with Crippen LogP contribution in [0.4, 0.5) is 5.69 Å². The van der Waals surface area contributed by atoms with Crippen LogP contribution < -0.4 is 5.32 Å². The largest absolute Gasteiger partial charge is 0.326 e. The van der Waals surface area contributed by atoms with E-state index in [-0.39, 0.29) is 5.91 Å². The Morgan fingerprint density at radius 3 is 2.39 bits per heavy atom. The number of rotatable bonds is 3. The minimum atomic E-state index is -0.0581. The zero-order valence-corrected chi connectivity index (χ0v) is 10.6. The number of hydrogen-bond donors (Lipinski definition) is 1. The number of likely N-dealkylation sites (tertiary alicyclic amines) is 1. The molecule has 0 saturated carbocycles. The van der Waals surface area contributed by atoms with E-state index in [1.54, 1.807) is 0 Å². The predicted octanol–water partition coefficient (Wildman–Crippen LogP) is 1.81. The van der Waals surface area contributed by atoms with Crippen LogP contribution in [-0.2, 0) is 16.1 Å². The molecule has 1 fully saturated rings. The molecule has 0 aliphatic carbocycles. The molecule has 1 saturated heterocycles. The average molecular weight is 246 g/mol. The first-order chi connectivity index (χ1) is 8.63. The van der Waals surface area contributed by atoms with Crippen LogP contribution in [0.15, 0.2) is 24.3 Å². The third-order valence-electron chi connectivity index (χ3n) is 3.09. The Morgan fingerprint density at radius 2 is 1.83 bits per heavy atom. The molecule has 1 aliphatic rings. The number of ketones is 1. The molecule has 0 unspecified atom stereocenters. The van der Waals surface area contributed by atoms with Gasteiger partial charge in [-0.25, -0.2) is 0 Å². The Kier molecular flexibility index (Phi) is 4.10. The van der Waals surface area contributed by atoms with Gasteiger partial charge < -0.3 is 5.32 Å². The maximum absolute atomic E-state index is 11.1. The van der Waals surface area contributed by atoms with Crippen molar-refractivity contribution in [2.24, 2.45) is 0 Å². The summed E-state index contributed by atoms with van der Waals surface area (Å²) in [6.07, 6.45) is 1.34. The molecule has 0 spiro atoms. The number of carbonyl (C=O) groups excluding carboxylic acids is 2. The Hall–Kier alpha value is -1.68. The van der Waals surface area contributed by atoms with E-state index in [1.807, 2.05) is 24.3 Å². The van der Waals surface area contributed by atoms with E-state index in [0.717, 1.165) is 25.3 Å². The van der Waals surface area contributed by atoms with Crippen LogP contribution in [-0.4, -0.2) is 29.7 Å². The number of hydrogen-bond acceptors (Lipinski definition) is 3. The van der Waals surface area contributed by atoms with Crippen LogP contribution in [0.1, 0.15) is 25.3 Å². The summed E-state index contributed by atoms with van der Waals surface area (Å²) in [7, 11) is 0. The van der Waals surface area contributed by atoms with Gasteiger partial charge in [0, 0.05) is 45.1 Å². The first-order valence-corrected chi connectivity index (χ1v) is 6.24. The molecule has 1 aromatic carbocycles. The van der Waals surface area contributed by atoms with Gasteiger partial charge in [-0.2, -0.15) is 0 Å². The zero-order chi connectivity index (χ0) is 13.0. The molecule has 1 N–H and O–H groups in total. The van der Waals surface area contributed by atoms with Gasteiger partial charge in [0.15, 0.2) is 0 Å². The van der Waals surface area contributed by atoms with E-state index in [9.17, 15) is 9.59 Å². The lowest BCUT2D eigenvalue weighted by atomic mass is 10.1. The molecule has 0 bridgehead atoms. The summed E-state index contributed by atoms with van der Waals surface area (Å²) in [6.45, 7) is 4.07. The summed E-state index contributed by atoms with van der Waals surface area (Å²) < 4.78 is 0. The summed E-state index contributed by atoms with van der Waals surface area (Å²) in [5.41, 5.74) is 2.03. The normalized spacial score (nSPS) is 16.6. The lowest BCUT2D eigenvalue weighted by Gasteiger charge is -2.25. The van der Waals surface area contributed by atoms with E-state index >= 15 is 0 Å². The summed E-state index contributed by atoms with van der Waals surface area (Å²) in [5, 5.41) is 2.74. The van der Waals surface area contributed by atoms with Crippen LogP contribution in [0.5, 0.6) is 0 Å². The zero-order valence-electron chi connectivity index (χ0n) is 10.6. The van der Waals surface area contributed by atoms with Crippen molar-refractivity contribution in [2.45, 2.75) is 26.3 Å². The number of nitrogens with zero attached hydrogens (tertiary/aromatic N) is 1. The second-order valence-corrected chi connectivity index (χ2v) is 4.69. The highest BCUT2D eigenvalue weighted by atomic mass is 16.1. The Labute approximate surface area is 107 Å². The van der Waals surface area contributed by atoms with Crippen molar-refractivity contribution in [3.63, 3.8) is 0 Å². The van der Waals surface area contributed by atoms with Gasteiger partial charge in [0.2, 0.25) is 5.91 Å². The number of anilines is 1. The molecular formula is C14H18N2O2. The highest BCUT2D eigenvalue weighted by Crippen LogP contribution is 2.14. The molecular weight excluding hydrogens is 228 g/mol. The van der Waals surface area contributed by atoms with Crippen molar-refractivity contribution in [1.82, 2.24) is 4.90 Å². The molecule has 4 heteroatoms. The number of nitrogens with one attached hydrogen (secondary N) is 1. The monoisotopic (exact) mass is 246 g/mol. The van der Waals surface area contributed by atoms with Gasteiger partial charge in [-0.3, -0.25) is 14.5 Å². The molecule has 0 atom stereocenters. The first-order valence-electron chi connectivity index (χ1n) is 6.24. The Bertz CT molecular complexity index is 430. The first kappa shape index (κ1) is 12.8. The van der Waals surface area contributed by atoms with E-state index in [4.69, 9.17) is 0 Å². The highest BCUT2D eigenvalue weighted by Gasteiger charge is 2.15. The van der Waals surface area contributed by atoms with E-state index < -0.39 is 0 Å². The van der Waals surface area contributed by atoms with Crippen molar-refractivity contribution < 1.29 is 9.59 Å². The maximum Gasteiger partial charge on any atom is 0.221 e. The number of benzene rings is 1. The molecule has 1 amide bonds. The van der Waals surface area contributed by atoms with Crippen molar-refractivity contribution in [2.75, 3.05) is 18.4 Å². The van der Waals surface area contributed by atoms with Gasteiger partial charge in [-0.1, -0.05) is 12.1 Å². The minimum absolute atomic E-state index is 0.0581. The molecule has 18 heavy (non-hydrogen) atoms. The van der Waals surface area contributed by atoms with Crippen LogP contribution in [0.25, 0.3) is 0 Å². The van der Waals surface area contributed by atoms with E-state index in [2.05, 4.69) is 10.2 Å². The standard InChI is InChI=1S/C14H18N2O2/c1-11(17)15-13-4-2-12(3-5-13)10-16-8-6-14(18)7-9-16/h2-5H,6-10H2,1H3,(H,15,17). The van der Waals surface area contributed by atoms with Crippen molar-refractivity contribution in [3.05, 3.63) is 29.8 Å². The molecule has 1 heterocycles. The van der Waals surface area contributed by atoms with Gasteiger partial charge in [0.25, 0.3) is 0 Å². The maximum atomic E-state index is 11.1. The predicted molar refractivity (Wildman–Crippen MR) is 70.3 cm³/mol. The third kappa shape index (κ3) is 3.67. The van der Waals surface area contributed by atoms with Crippen LogP contribution in [0.3, 0.4) is 0 Å². The Balaban J connectivity index is 1.90. The van der Waals surface area contributed by atoms with Crippen molar-refractivity contribution in [1.29, 1.82) is 0 Å². The van der Waals surface area contributed by atoms with Gasteiger partial charge in [-0.05, 0) is 17.7 Å². The molecule has 96 valence electrons. The third-order valence-corrected chi connectivity index (χ3v) is 3.09. The fourth-order valence-corrected chi connectivity index (χ4v) is 2.12. The highest BCUT2D eigenvalue weighted by molar-refractivity contribution is 5.88. The summed E-state index contributed by atoms with van der Waals surface area (Å²) in [5.74, 6) is 0.310. The quantitative estimate of drug-likeness (QED) is 0.885. The summed E-state index contributed by atoms with van der Waals surface area (Å²) in [6, 6.07) is 7.85. The van der Waals surface area contributed by atoms with Crippen LogP contribution in [0.2, 0.25) is 0 Å². The van der Waals surface area contributed by atoms with Crippen LogP contribution >= 0.6 is 0 Å². The van der Waals surface area contributed by atoms with Gasteiger partial charge in [0.05, 0.1) is 0 Å². The van der Waals surface area contributed by atoms with Crippen molar-refractivity contribution in [3.8, 4) is 0 Å². The second kappa shape index (κ2) is 5.78. The fraction of sp³-hybridized carbons (Fsp3) is 0.429. The topological polar surface area (TPSA) is 49.4 Å². The number of piperidine rings is 1. The number of Topliss-reactive ketones (excluding diaryl/α,β-unsaturated/α-hetero) is 1. The number of amides is 1. The van der Waals surface area contributed by atoms with Crippen molar-refractivity contribution >= 4 is 17.4 Å². The smallest absolute Gasteiger partial charge is 0.221 e. The lowest BCUT2D eigenvalue weighted by Crippen LogP contribution is -2.33.